The molecule has 1 atom stereocenters. The molecule has 152 valence electrons. The molecule has 1 aromatic rings. The molecule has 7 heteroatoms. The van der Waals surface area contributed by atoms with Crippen molar-refractivity contribution in [2.24, 2.45) is 0 Å². The summed E-state index contributed by atoms with van der Waals surface area (Å²) in [6, 6.07) is 5.24. The highest BCUT2D eigenvalue weighted by Crippen LogP contribution is 2.37. The van der Waals surface area contributed by atoms with Gasteiger partial charge in [-0.1, -0.05) is 13.8 Å². The molecule has 0 aromatic heterocycles. The Morgan fingerprint density at radius 3 is 2.61 bits per heavy atom. The summed E-state index contributed by atoms with van der Waals surface area (Å²) in [6.07, 6.45) is 4.27. The highest BCUT2D eigenvalue weighted by molar-refractivity contribution is 6.04. The first-order chi connectivity index (χ1) is 13.5. The van der Waals surface area contributed by atoms with E-state index in [0.29, 0.717) is 30.0 Å². The van der Waals surface area contributed by atoms with Gasteiger partial charge < -0.3 is 15.0 Å². The molecule has 0 aliphatic carbocycles. The molecule has 3 rings (SSSR count). The number of fused-ring (bicyclic) bond motifs is 1. The highest BCUT2D eigenvalue weighted by atomic mass is 16.5. The molecule has 2 aliphatic heterocycles. The number of benzene rings is 1. The van der Waals surface area contributed by atoms with E-state index in [1.54, 1.807) is 18.2 Å². The number of nitrogens with one attached hydrogen (secondary N) is 1. The molecule has 1 unspecified atom stereocenters. The molecular weight excluding hydrogens is 358 g/mol. The van der Waals surface area contributed by atoms with Gasteiger partial charge in [0.2, 0.25) is 11.8 Å². The second kappa shape index (κ2) is 9.08. The first kappa shape index (κ1) is 20.2. The number of nitrogens with zero attached hydrogens (tertiary/aromatic N) is 2. The van der Waals surface area contributed by atoms with E-state index in [2.05, 4.69) is 5.32 Å². The molecular formula is C21H29N3O4. The first-order valence-corrected chi connectivity index (χ1v) is 10.2. The van der Waals surface area contributed by atoms with E-state index in [1.165, 1.54) is 4.90 Å². The SMILES string of the molecule is CCCC(=O)Nc1ccc2c(c1)N(CC(=O)N1CCCCC1)C(=O)C(CC)O2. The van der Waals surface area contributed by atoms with Crippen LogP contribution in [0, 0.1) is 0 Å². The quantitative estimate of drug-likeness (QED) is 0.814. The number of rotatable bonds is 6. The van der Waals surface area contributed by atoms with Crippen LogP contribution in [0.4, 0.5) is 11.4 Å². The molecule has 1 N–H and O–H groups in total. The second-order valence-electron chi connectivity index (χ2n) is 7.36. The monoisotopic (exact) mass is 387 g/mol. The molecule has 7 nitrogen and oxygen atoms in total. The average Bonchev–Trinajstić information content (AvgIpc) is 2.70. The van der Waals surface area contributed by atoms with Crippen LogP contribution in [0.2, 0.25) is 0 Å². The maximum atomic E-state index is 12.9. The third-order valence-corrected chi connectivity index (χ3v) is 5.19. The van der Waals surface area contributed by atoms with Gasteiger partial charge in [-0.3, -0.25) is 19.3 Å². The van der Waals surface area contributed by atoms with Crippen LogP contribution in [0.1, 0.15) is 52.4 Å². The van der Waals surface area contributed by atoms with Crippen LogP contribution in [0.3, 0.4) is 0 Å². The van der Waals surface area contributed by atoms with Gasteiger partial charge in [-0.2, -0.15) is 0 Å². The van der Waals surface area contributed by atoms with Crippen molar-refractivity contribution in [1.29, 1.82) is 0 Å². The Labute approximate surface area is 166 Å². The second-order valence-corrected chi connectivity index (χ2v) is 7.36. The first-order valence-electron chi connectivity index (χ1n) is 10.2. The lowest BCUT2D eigenvalue weighted by Gasteiger charge is -2.36. The molecule has 2 aliphatic rings. The lowest BCUT2D eigenvalue weighted by molar-refractivity contribution is -0.134. The van der Waals surface area contributed by atoms with E-state index in [-0.39, 0.29) is 24.3 Å². The van der Waals surface area contributed by atoms with Gasteiger partial charge in [0.05, 0.1) is 5.69 Å². The van der Waals surface area contributed by atoms with Gasteiger partial charge in [-0.25, -0.2) is 0 Å². The van der Waals surface area contributed by atoms with Crippen LogP contribution in [0.25, 0.3) is 0 Å². The van der Waals surface area contributed by atoms with Gasteiger partial charge in [0.15, 0.2) is 6.10 Å². The van der Waals surface area contributed by atoms with E-state index in [4.69, 9.17) is 4.74 Å². The van der Waals surface area contributed by atoms with Gasteiger partial charge in [-0.05, 0) is 50.3 Å². The Balaban J connectivity index is 1.84. The Morgan fingerprint density at radius 2 is 1.93 bits per heavy atom. The van der Waals surface area contributed by atoms with Crippen LogP contribution < -0.4 is 15.0 Å². The standard InChI is InChI=1S/C21H29N3O4/c1-3-8-19(25)22-15-9-10-18-16(13-15)24(21(27)17(4-2)28-18)14-20(26)23-11-6-5-7-12-23/h9-10,13,17H,3-8,11-12,14H2,1-2H3,(H,22,25). The summed E-state index contributed by atoms with van der Waals surface area (Å²) in [5.74, 6) is 0.229. The number of ether oxygens (including phenoxy) is 1. The Bertz CT molecular complexity index is 743. The van der Waals surface area contributed by atoms with E-state index < -0.39 is 6.10 Å². The largest absolute Gasteiger partial charge is 0.478 e. The van der Waals surface area contributed by atoms with E-state index >= 15 is 0 Å². The maximum absolute atomic E-state index is 12.9. The zero-order valence-electron chi connectivity index (χ0n) is 16.7. The van der Waals surface area contributed by atoms with Crippen LogP contribution >= 0.6 is 0 Å². The number of amides is 3. The number of carbonyl (C=O) groups is 3. The number of hydrogen-bond acceptors (Lipinski definition) is 4. The summed E-state index contributed by atoms with van der Waals surface area (Å²) in [6.45, 7) is 5.32. The van der Waals surface area contributed by atoms with Gasteiger partial charge in [0.25, 0.3) is 5.91 Å². The van der Waals surface area contributed by atoms with Gasteiger partial charge in [0.1, 0.15) is 12.3 Å². The Morgan fingerprint density at radius 1 is 1.18 bits per heavy atom. The number of piperidine rings is 1. The Hall–Kier alpha value is -2.57. The summed E-state index contributed by atoms with van der Waals surface area (Å²) >= 11 is 0. The van der Waals surface area contributed by atoms with Crippen molar-refractivity contribution in [3.8, 4) is 5.75 Å². The molecule has 0 saturated carbocycles. The summed E-state index contributed by atoms with van der Waals surface area (Å²) in [4.78, 5) is 41.0. The highest BCUT2D eigenvalue weighted by Gasteiger charge is 2.35. The van der Waals surface area contributed by atoms with Gasteiger partial charge in [0, 0.05) is 25.2 Å². The number of anilines is 2. The topological polar surface area (TPSA) is 79.0 Å². The van der Waals surface area contributed by atoms with Crippen molar-refractivity contribution in [2.75, 3.05) is 29.9 Å². The molecule has 2 heterocycles. The molecule has 28 heavy (non-hydrogen) atoms. The van der Waals surface area contributed by atoms with Crippen LogP contribution in [0.15, 0.2) is 18.2 Å². The van der Waals surface area contributed by atoms with Crippen LogP contribution in [-0.4, -0.2) is 48.4 Å². The molecule has 0 spiro atoms. The predicted molar refractivity (Wildman–Crippen MR) is 107 cm³/mol. The average molecular weight is 387 g/mol. The summed E-state index contributed by atoms with van der Waals surface area (Å²) in [7, 11) is 0. The third-order valence-electron chi connectivity index (χ3n) is 5.19. The lowest BCUT2D eigenvalue weighted by atomic mass is 10.1. The molecule has 0 bridgehead atoms. The minimum atomic E-state index is -0.595. The molecule has 1 aromatic carbocycles. The third kappa shape index (κ3) is 4.46. The van der Waals surface area contributed by atoms with Crippen molar-refractivity contribution in [3.63, 3.8) is 0 Å². The minimum Gasteiger partial charge on any atom is -0.478 e. The predicted octanol–water partition coefficient (Wildman–Crippen LogP) is 2.94. The normalized spacial score (nSPS) is 19.1. The maximum Gasteiger partial charge on any atom is 0.268 e. The van der Waals surface area contributed by atoms with Gasteiger partial charge >= 0.3 is 0 Å². The molecule has 3 amide bonds. The number of carbonyl (C=O) groups excluding carboxylic acids is 3. The fourth-order valence-corrected chi connectivity index (χ4v) is 3.65. The number of hydrogen-bond donors (Lipinski definition) is 1. The van der Waals surface area contributed by atoms with Crippen molar-refractivity contribution < 1.29 is 19.1 Å². The van der Waals surface area contributed by atoms with Crippen molar-refractivity contribution >= 4 is 29.1 Å². The van der Waals surface area contributed by atoms with E-state index in [9.17, 15) is 14.4 Å². The molecule has 0 radical (unpaired) electrons. The summed E-state index contributed by atoms with van der Waals surface area (Å²) < 4.78 is 5.83. The molecule has 1 saturated heterocycles. The fraction of sp³-hybridized carbons (Fsp3) is 0.571. The van der Waals surface area contributed by atoms with Crippen molar-refractivity contribution in [3.05, 3.63) is 18.2 Å². The van der Waals surface area contributed by atoms with E-state index in [0.717, 1.165) is 38.8 Å². The van der Waals surface area contributed by atoms with Crippen LogP contribution in [0.5, 0.6) is 5.75 Å². The van der Waals surface area contributed by atoms with Crippen LogP contribution in [-0.2, 0) is 14.4 Å². The fourth-order valence-electron chi connectivity index (χ4n) is 3.65. The van der Waals surface area contributed by atoms with Crippen molar-refractivity contribution in [2.45, 2.75) is 58.5 Å². The summed E-state index contributed by atoms with van der Waals surface area (Å²) in [5.41, 5.74) is 1.13. The number of likely N-dealkylation sites (tertiary alicyclic amines) is 1. The van der Waals surface area contributed by atoms with Gasteiger partial charge in [-0.15, -0.1) is 0 Å². The minimum absolute atomic E-state index is 0.00193. The zero-order valence-corrected chi connectivity index (χ0v) is 16.7. The smallest absolute Gasteiger partial charge is 0.268 e. The van der Waals surface area contributed by atoms with E-state index in [1.807, 2.05) is 18.7 Å². The summed E-state index contributed by atoms with van der Waals surface area (Å²) in [5, 5.41) is 2.84. The van der Waals surface area contributed by atoms with Crippen molar-refractivity contribution in [1.82, 2.24) is 4.90 Å². The lowest BCUT2D eigenvalue weighted by Crippen LogP contribution is -2.51. The molecule has 1 fully saturated rings. The zero-order chi connectivity index (χ0) is 20.1. The Kier molecular flexibility index (Phi) is 6.54.